The number of phenols is 1. The third-order valence-corrected chi connectivity index (χ3v) is 6.96. The number of carbonyl (C=O) groups is 1. The summed E-state index contributed by atoms with van der Waals surface area (Å²) in [6.07, 6.45) is 9.02. The summed E-state index contributed by atoms with van der Waals surface area (Å²) >= 11 is 0. The van der Waals surface area contributed by atoms with Gasteiger partial charge in [-0.25, -0.2) is 0 Å². The van der Waals surface area contributed by atoms with Gasteiger partial charge in [-0.3, -0.25) is 9.78 Å². The molecule has 1 aromatic heterocycles. The van der Waals surface area contributed by atoms with Gasteiger partial charge in [0.15, 0.2) is 0 Å². The fraction of sp³-hybridized carbons (Fsp3) is 0.586. The van der Waals surface area contributed by atoms with E-state index in [1.807, 2.05) is 12.1 Å². The predicted octanol–water partition coefficient (Wildman–Crippen LogP) is 6.04. The Labute approximate surface area is 204 Å². The minimum absolute atomic E-state index is 0.109. The van der Waals surface area contributed by atoms with Crippen molar-refractivity contribution >= 4 is 11.7 Å². The van der Waals surface area contributed by atoms with Gasteiger partial charge in [0.2, 0.25) is 0 Å². The number of hydrogen-bond acceptors (Lipinski definition) is 4. The van der Waals surface area contributed by atoms with Crippen LogP contribution in [0.25, 0.3) is 0 Å². The molecule has 0 fully saturated rings. The molecule has 0 saturated carbocycles. The van der Waals surface area contributed by atoms with Crippen LogP contribution >= 0.6 is 0 Å². The summed E-state index contributed by atoms with van der Waals surface area (Å²) in [4.78, 5) is 15.5. The lowest BCUT2D eigenvalue weighted by Gasteiger charge is -2.28. The van der Waals surface area contributed by atoms with Gasteiger partial charge in [-0.05, 0) is 90.0 Å². The Morgan fingerprint density at radius 3 is 1.85 bits per heavy atom. The molecule has 2 aromatic rings. The van der Waals surface area contributed by atoms with Crippen LogP contribution in [-0.4, -0.2) is 21.2 Å². The molecule has 1 aromatic carbocycles. The van der Waals surface area contributed by atoms with Crippen molar-refractivity contribution in [1.29, 1.82) is 0 Å². The van der Waals surface area contributed by atoms with E-state index in [0.717, 1.165) is 48.1 Å². The summed E-state index contributed by atoms with van der Waals surface area (Å²) in [6, 6.07) is 3.88. The molecule has 186 valence electrons. The van der Waals surface area contributed by atoms with Crippen molar-refractivity contribution in [3.63, 3.8) is 0 Å². The summed E-state index contributed by atoms with van der Waals surface area (Å²) in [6.45, 7) is 12.3. The fourth-order valence-corrected chi connectivity index (χ4v) is 5.02. The van der Waals surface area contributed by atoms with Crippen molar-refractivity contribution < 1.29 is 15.0 Å². The molecule has 0 bridgehead atoms. The van der Waals surface area contributed by atoms with E-state index < -0.39 is 5.97 Å². The largest absolute Gasteiger partial charge is 0.507 e. The third kappa shape index (κ3) is 5.92. The maximum absolute atomic E-state index is 10.8. The third-order valence-electron chi connectivity index (χ3n) is 6.96. The predicted molar refractivity (Wildman–Crippen MR) is 139 cm³/mol. The monoisotopic (exact) mass is 466 g/mol. The summed E-state index contributed by atoms with van der Waals surface area (Å²) in [7, 11) is 0. The number of hydrogen-bond donors (Lipinski definition) is 3. The van der Waals surface area contributed by atoms with Gasteiger partial charge in [-0.1, -0.05) is 53.7 Å². The highest BCUT2D eigenvalue weighted by atomic mass is 16.4. The molecule has 1 heterocycles. The number of fused-ring (bicyclic) bond motifs is 2. The number of pyridine rings is 1. The van der Waals surface area contributed by atoms with E-state index in [2.05, 4.69) is 41.5 Å². The lowest BCUT2D eigenvalue weighted by molar-refractivity contribution is -0.136. The molecular weight excluding hydrogens is 424 g/mol. The van der Waals surface area contributed by atoms with Gasteiger partial charge >= 0.3 is 5.97 Å². The zero-order chi connectivity index (χ0) is 25.3. The van der Waals surface area contributed by atoms with Gasteiger partial charge in [0, 0.05) is 23.5 Å². The lowest BCUT2D eigenvalue weighted by Crippen LogP contribution is -2.18. The normalized spacial score (nSPS) is 15.2. The number of phenolic OH excluding ortho intramolecular Hbond substituents is 1. The van der Waals surface area contributed by atoms with Gasteiger partial charge in [0.25, 0.3) is 0 Å². The van der Waals surface area contributed by atoms with E-state index in [1.165, 1.54) is 41.8 Å². The second-order valence-electron chi connectivity index (χ2n) is 11.9. The first-order valence-electron chi connectivity index (χ1n) is 12.7. The van der Waals surface area contributed by atoms with Crippen molar-refractivity contribution in [3.8, 4) is 5.75 Å². The molecule has 0 amide bonds. The molecule has 4 N–H and O–H groups in total. The molecule has 0 spiro atoms. The van der Waals surface area contributed by atoms with E-state index in [1.54, 1.807) is 0 Å². The van der Waals surface area contributed by atoms with Crippen molar-refractivity contribution in [2.45, 2.75) is 110 Å². The van der Waals surface area contributed by atoms with E-state index in [-0.39, 0.29) is 17.3 Å². The number of anilines is 1. The summed E-state index contributed by atoms with van der Waals surface area (Å²) in [5, 5.41) is 19.4. The number of benzene rings is 1. The highest BCUT2D eigenvalue weighted by Crippen LogP contribution is 2.40. The number of nitrogens with zero attached hydrogens (tertiary/aromatic N) is 1. The maximum atomic E-state index is 10.8. The molecule has 2 aliphatic carbocycles. The van der Waals surface area contributed by atoms with Crippen LogP contribution in [0, 0.1) is 0 Å². The standard InChI is InChI=1S/C17H26O3.C12H16N2/c1-16(2,3)12-9-11(7-8-14(18)19)10-13(15(12)20)17(4,5)6;13-12-8-4-1-2-6-10(8)14-11-7-3-5-9(11)12/h9-10,20H,7-8H2,1-6H3,(H,18,19);1-7H2,(H2,13,14). The van der Waals surface area contributed by atoms with Gasteiger partial charge in [-0.2, -0.15) is 0 Å². The van der Waals surface area contributed by atoms with Crippen LogP contribution in [-0.2, 0) is 47.7 Å². The van der Waals surface area contributed by atoms with E-state index in [0.29, 0.717) is 12.2 Å². The van der Waals surface area contributed by atoms with Crippen LogP contribution < -0.4 is 5.73 Å². The van der Waals surface area contributed by atoms with Crippen molar-refractivity contribution in [2.24, 2.45) is 0 Å². The summed E-state index contributed by atoms with van der Waals surface area (Å²) in [5.74, 6) is -0.461. The lowest BCUT2D eigenvalue weighted by atomic mass is 9.78. The molecule has 5 heteroatoms. The quantitative estimate of drug-likeness (QED) is 0.513. The Morgan fingerprint density at radius 1 is 0.882 bits per heavy atom. The average molecular weight is 467 g/mol. The number of carboxylic acids is 1. The highest BCUT2D eigenvalue weighted by molar-refractivity contribution is 5.67. The van der Waals surface area contributed by atoms with Gasteiger partial charge in [0.1, 0.15) is 5.75 Å². The van der Waals surface area contributed by atoms with Crippen LogP contribution in [0.5, 0.6) is 5.75 Å². The van der Waals surface area contributed by atoms with Crippen LogP contribution in [0.15, 0.2) is 12.1 Å². The second-order valence-corrected chi connectivity index (χ2v) is 11.9. The molecule has 0 aliphatic heterocycles. The molecular formula is C29H42N2O3. The number of aliphatic carboxylic acids is 1. The van der Waals surface area contributed by atoms with Gasteiger partial charge < -0.3 is 15.9 Å². The first-order chi connectivity index (χ1) is 15.8. The second kappa shape index (κ2) is 9.97. The number of aryl methyl sites for hydroxylation is 3. The highest BCUT2D eigenvalue weighted by Gasteiger charge is 2.26. The molecule has 0 atom stereocenters. The maximum Gasteiger partial charge on any atom is 0.303 e. The van der Waals surface area contributed by atoms with Crippen molar-refractivity contribution in [2.75, 3.05) is 5.73 Å². The molecule has 0 saturated heterocycles. The van der Waals surface area contributed by atoms with E-state index in [4.69, 9.17) is 15.8 Å². The molecule has 34 heavy (non-hydrogen) atoms. The Kier molecular flexibility index (Phi) is 7.64. The van der Waals surface area contributed by atoms with Crippen LogP contribution in [0.1, 0.15) is 106 Å². The fourth-order valence-electron chi connectivity index (χ4n) is 5.02. The molecule has 2 aliphatic rings. The smallest absolute Gasteiger partial charge is 0.303 e. The van der Waals surface area contributed by atoms with Gasteiger partial charge in [0.05, 0.1) is 0 Å². The molecule has 0 radical (unpaired) electrons. The molecule has 5 nitrogen and oxygen atoms in total. The summed E-state index contributed by atoms with van der Waals surface area (Å²) in [5.41, 5.74) is 15.0. The topological polar surface area (TPSA) is 96.4 Å². The van der Waals surface area contributed by atoms with E-state index >= 15 is 0 Å². The van der Waals surface area contributed by atoms with E-state index in [9.17, 15) is 9.90 Å². The molecule has 0 unspecified atom stereocenters. The number of aromatic nitrogens is 1. The van der Waals surface area contributed by atoms with Gasteiger partial charge in [-0.15, -0.1) is 0 Å². The number of rotatable bonds is 3. The Morgan fingerprint density at radius 2 is 1.35 bits per heavy atom. The number of nitrogen functional groups attached to an aromatic ring is 1. The first-order valence-corrected chi connectivity index (χ1v) is 12.7. The number of nitrogens with two attached hydrogens (primary N) is 1. The Balaban J connectivity index is 0.000000201. The zero-order valence-corrected chi connectivity index (χ0v) is 21.8. The summed E-state index contributed by atoms with van der Waals surface area (Å²) < 4.78 is 0. The minimum Gasteiger partial charge on any atom is -0.507 e. The van der Waals surface area contributed by atoms with Crippen LogP contribution in [0.4, 0.5) is 5.69 Å². The SMILES string of the molecule is CC(C)(C)c1cc(CCC(=O)O)cc(C(C)(C)C)c1O.Nc1c2c(nc3c1CCC3)CCCC2. The number of carboxylic acid groups (broad SMARTS) is 1. The molecule has 4 rings (SSSR count). The van der Waals surface area contributed by atoms with Crippen molar-refractivity contribution in [3.05, 3.63) is 51.3 Å². The average Bonchev–Trinajstić information content (AvgIpc) is 3.21. The van der Waals surface area contributed by atoms with Crippen LogP contribution in [0.3, 0.4) is 0 Å². The Bertz CT molecular complexity index is 1020. The minimum atomic E-state index is -0.798. The number of aromatic hydroxyl groups is 1. The van der Waals surface area contributed by atoms with Crippen LogP contribution in [0.2, 0.25) is 0 Å². The Hall–Kier alpha value is -2.56. The zero-order valence-electron chi connectivity index (χ0n) is 21.8. The van der Waals surface area contributed by atoms with Crippen molar-refractivity contribution in [1.82, 2.24) is 4.98 Å². The first kappa shape index (κ1) is 26.1.